The molecule has 23 heavy (non-hydrogen) atoms. The molecule has 0 saturated carbocycles. The van der Waals surface area contributed by atoms with Crippen LogP contribution < -0.4 is 0 Å². The third kappa shape index (κ3) is 2.06. The predicted octanol–water partition coefficient (Wildman–Crippen LogP) is 1.21. The first-order valence-corrected chi connectivity index (χ1v) is 7.64. The van der Waals surface area contributed by atoms with Crippen LogP contribution in [0.5, 0.6) is 0 Å². The fourth-order valence-corrected chi connectivity index (χ4v) is 3.23. The second-order valence-corrected chi connectivity index (χ2v) is 5.74. The van der Waals surface area contributed by atoms with Crippen molar-refractivity contribution in [3.8, 4) is 0 Å². The van der Waals surface area contributed by atoms with E-state index in [4.69, 9.17) is 4.74 Å². The molecule has 118 valence electrons. The zero-order valence-corrected chi connectivity index (χ0v) is 12.8. The summed E-state index contributed by atoms with van der Waals surface area (Å²) in [4.78, 5) is 31.6. The number of carbonyl (C=O) groups is 2. The zero-order chi connectivity index (χ0) is 16.0. The summed E-state index contributed by atoms with van der Waals surface area (Å²) in [6.07, 6.45) is 1.81. The smallest absolute Gasteiger partial charge is 0.277 e. The molecule has 0 unspecified atom stereocenters. The molecular weight excluding hydrogens is 294 g/mol. The summed E-state index contributed by atoms with van der Waals surface area (Å²) in [5.74, 6) is -0.488. The van der Waals surface area contributed by atoms with Crippen molar-refractivity contribution in [3.05, 3.63) is 41.7 Å². The number of nitrogens with zero attached hydrogens (tertiary/aromatic N) is 2. The number of fused-ring (bicyclic) bond motifs is 1. The number of rotatable bonds is 2. The monoisotopic (exact) mass is 311 g/mol. The number of benzene rings is 1. The average Bonchev–Trinajstić information content (AvgIpc) is 3.10. The minimum atomic E-state index is -0.249. The maximum atomic E-state index is 12.7. The molecule has 1 aromatic heterocycles. The molecule has 1 aromatic carbocycles. The van der Waals surface area contributed by atoms with Crippen LogP contribution in [-0.4, -0.2) is 59.9 Å². The van der Waals surface area contributed by atoms with Gasteiger partial charge in [-0.2, -0.15) is 0 Å². The summed E-state index contributed by atoms with van der Waals surface area (Å²) in [6, 6.07) is 7.78. The van der Waals surface area contributed by atoms with Crippen molar-refractivity contribution >= 4 is 28.3 Å². The minimum absolute atomic E-state index is 0.239. The van der Waals surface area contributed by atoms with E-state index in [0.717, 1.165) is 16.5 Å². The summed E-state index contributed by atoms with van der Waals surface area (Å²) in [6.45, 7) is 2.37. The Morgan fingerprint density at radius 2 is 1.83 bits per heavy atom. The number of likely N-dealkylation sites (N-methyl/N-ethyl adjacent to an activating group) is 1. The number of carbonyl (C=O) groups excluding carboxylic acids is 2. The Hall–Kier alpha value is -2.60. The minimum Gasteiger partial charge on any atom is -0.378 e. The van der Waals surface area contributed by atoms with Crippen LogP contribution in [0.2, 0.25) is 0 Å². The van der Waals surface area contributed by atoms with E-state index >= 15 is 0 Å². The van der Waals surface area contributed by atoms with Crippen molar-refractivity contribution in [1.29, 1.82) is 0 Å². The Kier molecular flexibility index (Phi) is 3.20. The van der Waals surface area contributed by atoms with E-state index in [1.54, 1.807) is 0 Å². The van der Waals surface area contributed by atoms with Gasteiger partial charge in [0.25, 0.3) is 11.8 Å². The van der Waals surface area contributed by atoms with Gasteiger partial charge in [0.1, 0.15) is 5.70 Å². The highest BCUT2D eigenvalue weighted by atomic mass is 16.5. The van der Waals surface area contributed by atoms with Crippen LogP contribution in [0.1, 0.15) is 5.56 Å². The lowest BCUT2D eigenvalue weighted by molar-refractivity contribution is -0.136. The molecule has 2 aliphatic rings. The second-order valence-electron chi connectivity index (χ2n) is 5.74. The number of para-hydroxylation sites is 1. The highest BCUT2D eigenvalue weighted by Crippen LogP contribution is 2.34. The molecule has 1 saturated heterocycles. The van der Waals surface area contributed by atoms with E-state index in [2.05, 4.69) is 4.98 Å². The lowest BCUT2D eigenvalue weighted by atomic mass is 10.0. The van der Waals surface area contributed by atoms with Crippen molar-refractivity contribution in [2.75, 3.05) is 33.4 Å². The zero-order valence-electron chi connectivity index (χ0n) is 12.8. The molecule has 2 aromatic rings. The molecule has 2 amide bonds. The Balaban J connectivity index is 1.92. The Bertz CT molecular complexity index is 830. The van der Waals surface area contributed by atoms with Gasteiger partial charge in [-0.15, -0.1) is 0 Å². The maximum absolute atomic E-state index is 12.7. The number of hydrogen-bond donors (Lipinski definition) is 1. The Morgan fingerprint density at radius 1 is 1.09 bits per heavy atom. The van der Waals surface area contributed by atoms with E-state index in [-0.39, 0.29) is 11.8 Å². The molecule has 6 heteroatoms. The lowest BCUT2D eigenvalue weighted by Crippen LogP contribution is -2.39. The molecule has 0 atom stereocenters. The van der Waals surface area contributed by atoms with Crippen LogP contribution in [0.15, 0.2) is 36.2 Å². The summed E-state index contributed by atoms with van der Waals surface area (Å²) in [5.41, 5.74) is 2.71. The molecule has 1 N–H and O–H groups in total. The molecule has 0 spiro atoms. The number of hydrogen-bond acceptors (Lipinski definition) is 4. The van der Waals surface area contributed by atoms with Crippen molar-refractivity contribution in [3.63, 3.8) is 0 Å². The van der Waals surface area contributed by atoms with Gasteiger partial charge in [-0.1, -0.05) is 18.2 Å². The standard InChI is InChI=1S/C17H17N3O3/c1-19-16(21)14(12-10-18-13-5-3-2-4-11(12)13)15(17(19)22)20-6-8-23-9-7-20/h2-5,10,18H,6-9H2,1H3. The quantitative estimate of drug-likeness (QED) is 0.847. The topological polar surface area (TPSA) is 65.6 Å². The van der Waals surface area contributed by atoms with Crippen LogP contribution in [0.4, 0.5) is 0 Å². The average molecular weight is 311 g/mol. The van der Waals surface area contributed by atoms with Crippen molar-refractivity contribution in [2.45, 2.75) is 0 Å². The number of H-pyrrole nitrogens is 1. The van der Waals surface area contributed by atoms with Crippen molar-refractivity contribution < 1.29 is 14.3 Å². The SMILES string of the molecule is CN1C(=O)C(c2c[nH]c3ccccc23)=C(N2CCOCC2)C1=O. The number of imide groups is 1. The van der Waals surface area contributed by atoms with E-state index in [9.17, 15) is 9.59 Å². The van der Waals surface area contributed by atoms with Crippen LogP contribution in [0, 0.1) is 0 Å². The van der Waals surface area contributed by atoms with Gasteiger partial charge in [0, 0.05) is 42.8 Å². The van der Waals surface area contributed by atoms with Gasteiger partial charge in [0.15, 0.2) is 0 Å². The van der Waals surface area contributed by atoms with Crippen LogP contribution in [0.3, 0.4) is 0 Å². The van der Waals surface area contributed by atoms with Crippen molar-refractivity contribution in [1.82, 2.24) is 14.8 Å². The number of amides is 2. The molecule has 0 aliphatic carbocycles. The van der Waals surface area contributed by atoms with E-state index < -0.39 is 0 Å². The van der Waals surface area contributed by atoms with E-state index in [1.165, 1.54) is 11.9 Å². The van der Waals surface area contributed by atoms with Crippen LogP contribution in [-0.2, 0) is 14.3 Å². The summed E-state index contributed by atoms with van der Waals surface area (Å²) < 4.78 is 5.36. The van der Waals surface area contributed by atoms with Gasteiger partial charge in [-0.25, -0.2) is 0 Å². The Morgan fingerprint density at radius 3 is 2.61 bits per heavy atom. The third-order valence-corrected chi connectivity index (χ3v) is 4.45. The normalized spacial score (nSPS) is 19.3. The lowest BCUT2D eigenvalue weighted by Gasteiger charge is -2.29. The molecule has 1 fully saturated rings. The van der Waals surface area contributed by atoms with Gasteiger partial charge in [0.2, 0.25) is 0 Å². The second kappa shape index (κ2) is 5.24. The highest BCUT2D eigenvalue weighted by molar-refractivity contribution is 6.36. The molecule has 6 nitrogen and oxygen atoms in total. The number of morpholine rings is 1. The van der Waals surface area contributed by atoms with Gasteiger partial charge < -0.3 is 14.6 Å². The highest BCUT2D eigenvalue weighted by Gasteiger charge is 2.40. The fourth-order valence-electron chi connectivity index (χ4n) is 3.23. The summed E-state index contributed by atoms with van der Waals surface area (Å²) in [5, 5.41) is 0.949. The van der Waals surface area contributed by atoms with Gasteiger partial charge in [-0.05, 0) is 6.07 Å². The van der Waals surface area contributed by atoms with E-state index in [0.29, 0.717) is 37.6 Å². The Labute approximate surface area is 133 Å². The number of aromatic amines is 1. The van der Waals surface area contributed by atoms with E-state index in [1.807, 2.05) is 35.4 Å². The first-order chi connectivity index (χ1) is 11.2. The van der Waals surface area contributed by atoms with Crippen LogP contribution in [0.25, 0.3) is 16.5 Å². The molecule has 3 heterocycles. The van der Waals surface area contributed by atoms with Gasteiger partial charge >= 0.3 is 0 Å². The van der Waals surface area contributed by atoms with Gasteiger partial charge in [0.05, 0.1) is 18.8 Å². The molecular formula is C17H17N3O3. The third-order valence-electron chi connectivity index (χ3n) is 4.45. The number of nitrogens with one attached hydrogen (secondary N) is 1. The predicted molar refractivity (Wildman–Crippen MR) is 85.4 cm³/mol. The summed E-state index contributed by atoms with van der Waals surface area (Å²) >= 11 is 0. The first kappa shape index (κ1) is 14.0. The van der Waals surface area contributed by atoms with Crippen LogP contribution >= 0.6 is 0 Å². The number of ether oxygens (including phenoxy) is 1. The fraction of sp³-hybridized carbons (Fsp3) is 0.294. The molecule has 0 radical (unpaired) electrons. The molecule has 2 aliphatic heterocycles. The number of aromatic nitrogens is 1. The first-order valence-electron chi connectivity index (χ1n) is 7.64. The largest absolute Gasteiger partial charge is 0.378 e. The maximum Gasteiger partial charge on any atom is 0.277 e. The molecule has 4 rings (SSSR count). The van der Waals surface area contributed by atoms with Gasteiger partial charge in [-0.3, -0.25) is 14.5 Å². The molecule has 0 bridgehead atoms. The van der Waals surface area contributed by atoms with Crippen molar-refractivity contribution in [2.24, 2.45) is 0 Å². The summed E-state index contributed by atoms with van der Waals surface area (Å²) in [7, 11) is 1.53.